The molecule has 4 nitrogen and oxygen atoms in total. The van der Waals surface area contributed by atoms with Crippen LogP contribution in [0, 0.1) is 0 Å². The third-order valence-electron chi connectivity index (χ3n) is 5.62. The monoisotopic (exact) mass is 440 g/mol. The summed E-state index contributed by atoms with van der Waals surface area (Å²) in [6.45, 7) is 0. The van der Waals surface area contributed by atoms with Crippen LogP contribution in [-0.4, -0.2) is 9.97 Å². The van der Waals surface area contributed by atoms with Gasteiger partial charge in [-0.3, -0.25) is 0 Å². The minimum atomic E-state index is 0.538. The number of rotatable bonds is 5. The zero-order chi connectivity index (χ0) is 22.7. The summed E-state index contributed by atoms with van der Waals surface area (Å²) in [5, 5.41) is 3.46. The number of pyridine rings is 2. The Balaban J connectivity index is 1.35. The van der Waals surface area contributed by atoms with Crippen LogP contribution in [0.15, 0.2) is 121 Å². The second kappa shape index (κ2) is 8.68. The summed E-state index contributed by atoms with van der Waals surface area (Å²) in [5.74, 6) is 2.61. The highest BCUT2D eigenvalue weighted by Gasteiger charge is 2.11. The first-order valence-electron chi connectivity index (χ1n) is 11.1. The molecule has 0 aliphatic carbocycles. The number of benzene rings is 4. The van der Waals surface area contributed by atoms with Crippen molar-refractivity contribution < 1.29 is 9.47 Å². The van der Waals surface area contributed by atoms with Crippen LogP contribution >= 0.6 is 0 Å². The van der Waals surface area contributed by atoms with Crippen LogP contribution in [0.5, 0.6) is 23.1 Å². The number of hydrogen-bond acceptors (Lipinski definition) is 4. The molecule has 0 radical (unpaired) electrons. The van der Waals surface area contributed by atoms with Crippen molar-refractivity contribution in [2.45, 2.75) is 0 Å². The minimum Gasteiger partial charge on any atom is -0.457 e. The van der Waals surface area contributed by atoms with E-state index in [2.05, 4.69) is 53.5 Å². The fourth-order valence-corrected chi connectivity index (χ4v) is 4.10. The van der Waals surface area contributed by atoms with E-state index in [0.717, 1.165) is 33.3 Å². The third kappa shape index (κ3) is 3.93. The Hall–Kier alpha value is -4.70. The van der Waals surface area contributed by atoms with Gasteiger partial charge in [-0.1, -0.05) is 66.7 Å². The van der Waals surface area contributed by atoms with Crippen molar-refractivity contribution in [1.29, 1.82) is 0 Å². The molecule has 162 valence electrons. The molecule has 0 saturated heterocycles. The molecule has 4 aromatic carbocycles. The summed E-state index contributed by atoms with van der Waals surface area (Å²) in [5.41, 5.74) is 2.91. The highest BCUT2D eigenvalue weighted by Crippen LogP contribution is 2.35. The van der Waals surface area contributed by atoms with Crippen molar-refractivity contribution >= 4 is 21.7 Å². The molecule has 0 N–H and O–H groups in total. The molecule has 2 aromatic heterocycles. The van der Waals surface area contributed by atoms with Gasteiger partial charge in [0.15, 0.2) is 0 Å². The van der Waals surface area contributed by atoms with Crippen LogP contribution in [0.25, 0.3) is 32.9 Å². The first kappa shape index (κ1) is 19.9. The van der Waals surface area contributed by atoms with Gasteiger partial charge in [0, 0.05) is 34.7 Å². The van der Waals surface area contributed by atoms with Crippen LogP contribution in [0.3, 0.4) is 0 Å². The van der Waals surface area contributed by atoms with Crippen molar-refractivity contribution in [1.82, 2.24) is 9.97 Å². The molecule has 0 aliphatic rings. The van der Waals surface area contributed by atoms with Gasteiger partial charge in [0.2, 0.25) is 5.88 Å². The Morgan fingerprint density at radius 1 is 0.500 bits per heavy atom. The molecule has 0 bridgehead atoms. The Labute approximate surface area is 197 Å². The minimum absolute atomic E-state index is 0.538. The molecule has 0 fully saturated rings. The van der Waals surface area contributed by atoms with Crippen molar-refractivity contribution in [3.63, 3.8) is 0 Å². The first-order valence-corrected chi connectivity index (χ1v) is 11.1. The molecule has 6 rings (SSSR count). The largest absolute Gasteiger partial charge is 0.457 e. The standard InChI is InChI=1S/C30H20N2O2/c1-2-15-27-25(13-1)26-14-3-4-16-28(26)32-30(27)21-9-7-10-22(19-21)33-23-11-8-12-24(20-23)34-29-17-5-6-18-31-29/h1-20H. The lowest BCUT2D eigenvalue weighted by atomic mass is 10.00. The summed E-state index contributed by atoms with van der Waals surface area (Å²) in [6, 6.07) is 37.8. The van der Waals surface area contributed by atoms with Crippen LogP contribution in [0.2, 0.25) is 0 Å². The molecule has 2 heterocycles. The zero-order valence-corrected chi connectivity index (χ0v) is 18.3. The van der Waals surface area contributed by atoms with E-state index in [1.54, 1.807) is 6.20 Å². The molecule has 0 aliphatic heterocycles. The van der Waals surface area contributed by atoms with Crippen molar-refractivity contribution in [3.8, 4) is 34.4 Å². The molecule has 4 heteroatoms. The Morgan fingerprint density at radius 2 is 1.18 bits per heavy atom. The molecule has 6 aromatic rings. The van der Waals surface area contributed by atoms with Gasteiger partial charge >= 0.3 is 0 Å². The van der Waals surface area contributed by atoms with Crippen molar-refractivity contribution in [2.24, 2.45) is 0 Å². The van der Waals surface area contributed by atoms with E-state index in [1.807, 2.05) is 66.7 Å². The number of aromatic nitrogens is 2. The van der Waals surface area contributed by atoms with Crippen LogP contribution in [0.1, 0.15) is 0 Å². The summed E-state index contributed by atoms with van der Waals surface area (Å²) >= 11 is 0. The summed E-state index contributed by atoms with van der Waals surface area (Å²) in [4.78, 5) is 9.21. The molecular formula is C30H20N2O2. The van der Waals surface area contributed by atoms with Gasteiger partial charge in [-0.15, -0.1) is 0 Å². The van der Waals surface area contributed by atoms with E-state index in [-0.39, 0.29) is 0 Å². The molecule has 0 amide bonds. The van der Waals surface area contributed by atoms with E-state index in [1.165, 1.54) is 5.39 Å². The van der Waals surface area contributed by atoms with E-state index in [0.29, 0.717) is 17.4 Å². The fraction of sp³-hybridized carbons (Fsp3) is 0. The van der Waals surface area contributed by atoms with E-state index >= 15 is 0 Å². The van der Waals surface area contributed by atoms with Gasteiger partial charge in [0.25, 0.3) is 0 Å². The highest BCUT2D eigenvalue weighted by atomic mass is 16.5. The van der Waals surface area contributed by atoms with Gasteiger partial charge in [-0.2, -0.15) is 0 Å². The maximum Gasteiger partial charge on any atom is 0.219 e. The van der Waals surface area contributed by atoms with Crippen LogP contribution < -0.4 is 9.47 Å². The molecule has 0 spiro atoms. The number of nitrogens with zero attached hydrogens (tertiary/aromatic N) is 2. The smallest absolute Gasteiger partial charge is 0.219 e. The van der Waals surface area contributed by atoms with Crippen LogP contribution in [0.4, 0.5) is 0 Å². The lowest BCUT2D eigenvalue weighted by Crippen LogP contribution is -1.91. The average molecular weight is 441 g/mol. The van der Waals surface area contributed by atoms with Crippen molar-refractivity contribution in [2.75, 3.05) is 0 Å². The molecular weight excluding hydrogens is 420 g/mol. The topological polar surface area (TPSA) is 44.2 Å². The normalized spacial score (nSPS) is 10.9. The molecule has 0 saturated carbocycles. The SMILES string of the molecule is c1ccc(Oc2cccc(Oc3cccc(-c4nc5ccccc5c5ccccc45)c3)c2)nc1. The quantitative estimate of drug-likeness (QED) is 0.255. The maximum absolute atomic E-state index is 6.19. The number of ether oxygens (including phenoxy) is 2. The predicted octanol–water partition coefficient (Wildman–Crippen LogP) is 8.03. The van der Waals surface area contributed by atoms with E-state index in [4.69, 9.17) is 14.5 Å². The lowest BCUT2D eigenvalue weighted by molar-refractivity contribution is 0.449. The molecule has 0 atom stereocenters. The van der Waals surface area contributed by atoms with Gasteiger partial charge in [0.05, 0.1) is 11.2 Å². The Morgan fingerprint density at radius 3 is 2.00 bits per heavy atom. The molecule has 34 heavy (non-hydrogen) atoms. The van der Waals surface area contributed by atoms with E-state index in [9.17, 15) is 0 Å². The zero-order valence-electron chi connectivity index (χ0n) is 18.3. The summed E-state index contributed by atoms with van der Waals surface area (Å²) < 4.78 is 12.0. The summed E-state index contributed by atoms with van der Waals surface area (Å²) in [7, 11) is 0. The van der Waals surface area contributed by atoms with E-state index < -0.39 is 0 Å². The average Bonchev–Trinajstić information content (AvgIpc) is 2.89. The van der Waals surface area contributed by atoms with Crippen molar-refractivity contribution in [3.05, 3.63) is 121 Å². The highest BCUT2D eigenvalue weighted by molar-refractivity contribution is 6.10. The number of fused-ring (bicyclic) bond motifs is 3. The number of hydrogen-bond donors (Lipinski definition) is 0. The maximum atomic E-state index is 6.19. The van der Waals surface area contributed by atoms with Gasteiger partial charge in [-0.05, 0) is 41.8 Å². The number of para-hydroxylation sites is 1. The molecule has 0 unspecified atom stereocenters. The van der Waals surface area contributed by atoms with Gasteiger partial charge < -0.3 is 9.47 Å². The first-order chi connectivity index (χ1) is 16.8. The van der Waals surface area contributed by atoms with Crippen LogP contribution in [-0.2, 0) is 0 Å². The third-order valence-corrected chi connectivity index (χ3v) is 5.62. The fourth-order valence-electron chi connectivity index (χ4n) is 4.10. The second-order valence-electron chi connectivity index (χ2n) is 7.90. The lowest BCUT2D eigenvalue weighted by Gasteiger charge is -2.12. The predicted molar refractivity (Wildman–Crippen MR) is 136 cm³/mol. The van der Waals surface area contributed by atoms with Gasteiger partial charge in [-0.25, -0.2) is 9.97 Å². The second-order valence-corrected chi connectivity index (χ2v) is 7.90. The summed E-state index contributed by atoms with van der Waals surface area (Å²) in [6.07, 6.45) is 1.70. The Kier molecular flexibility index (Phi) is 5.09. The van der Waals surface area contributed by atoms with Gasteiger partial charge in [0.1, 0.15) is 17.2 Å². The Bertz CT molecular complexity index is 1610.